The van der Waals surface area contributed by atoms with Gasteiger partial charge in [0, 0.05) is 18.8 Å². The summed E-state index contributed by atoms with van der Waals surface area (Å²) in [5.41, 5.74) is 2.23. The Labute approximate surface area is 171 Å². The summed E-state index contributed by atoms with van der Waals surface area (Å²) >= 11 is 1.63. The van der Waals surface area contributed by atoms with Crippen molar-refractivity contribution in [1.82, 2.24) is 9.80 Å². The number of thioether (sulfide) groups is 1. The molecule has 2 saturated heterocycles. The van der Waals surface area contributed by atoms with Crippen molar-refractivity contribution >= 4 is 17.8 Å². The summed E-state index contributed by atoms with van der Waals surface area (Å²) in [7, 11) is 0. The van der Waals surface area contributed by atoms with Crippen LogP contribution in [0.4, 0.5) is 4.79 Å². The average molecular weight is 397 g/mol. The summed E-state index contributed by atoms with van der Waals surface area (Å²) in [6, 6.07) is 20.2. The zero-order valence-corrected chi connectivity index (χ0v) is 17.1. The predicted molar refractivity (Wildman–Crippen MR) is 114 cm³/mol. The van der Waals surface area contributed by atoms with Crippen molar-refractivity contribution in [3.63, 3.8) is 0 Å². The van der Waals surface area contributed by atoms with Crippen LogP contribution in [0.2, 0.25) is 0 Å². The third-order valence-corrected chi connectivity index (χ3v) is 7.29. The highest BCUT2D eigenvalue weighted by Crippen LogP contribution is 2.48. The van der Waals surface area contributed by atoms with Crippen molar-refractivity contribution in [2.75, 3.05) is 5.75 Å². The number of nitrogens with zero attached hydrogens (tertiary/aromatic N) is 2. The molecule has 4 rings (SSSR count). The van der Waals surface area contributed by atoms with Crippen molar-refractivity contribution in [2.24, 2.45) is 0 Å². The maximum absolute atomic E-state index is 13.4. The molecule has 2 aliphatic heterocycles. The molecule has 0 aliphatic carbocycles. The third-order valence-electron chi connectivity index (χ3n) is 5.84. The van der Waals surface area contributed by atoms with E-state index in [1.54, 1.807) is 11.8 Å². The largest absolute Gasteiger partial charge is 0.377 e. The van der Waals surface area contributed by atoms with Gasteiger partial charge in [-0.15, -0.1) is 11.8 Å². The minimum absolute atomic E-state index is 0.0397. The Bertz CT molecular complexity index is 801. The molecule has 2 fully saturated rings. The van der Waals surface area contributed by atoms with E-state index in [0.29, 0.717) is 13.1 Å². The van der Waals surface area contributed by atoms with Gasteiger partial charge < -0.3 is 14.9 Å². The van der Waals surface area contributed by atoms with Crippen LogP contribution in [-0.2, 0) is 13.1 Å². The smallest absolute Gasteiger partial charge is 0.321 e. The van der Waals surface area contributed by atoms with Crippen LogP contribution in [0.5, 0.6) is 0 Å². The Kier molecular flexibility index (Phi) is 5.65. The number of rotatable bonds is 7. The molecule has 0 bridgehead atoms. The molecular weight excluding hydrogens is 368 g/mol. The van der Waals surface area contributed by atoms with Crippen molar-refractivity contribution < 1.29 is 9.90 Å². The van der Waals surface area contributed by atoms with Gasteiger partial charge in [-0.3, -0.25) is 0 Å². The third kappa shape index (κ3) is 3.65. The molecule has 2 aliphatic rings. The Morgan fingerprint density at radius 2 is 1.57 bits per heavy atom. The minimum atomic E-state index is -0.865. The fourth-order valence-corrected chi connectivity index (χ4v) is 5.97. The molecule has 2 aromatic rings. The quantitative estimate of drug-likeness (QED) is 0.702. The van der Waals surface area contributed by atoms with Gasteiger partial charge in [0.2, 0.25) is 0 Å². The van der Waals surface area contributed by atoms with E-state index in [9.17, 15) is 9.90 Å². The van der Waals surface area contributed by atoms with Gasteiger partial charge in [-0.1, -0.05) is 74.0 Å². The molecule has 0 spiro atoms. The first kappa shape index (κ1) is 19.3. The van der Waals surface area contributed by atoms with E-state index < -0.39 is 4.93 Å². The van der Waals surface area contributed by atoms with Crippen LogP contribution in [0.15, 0.2) is 60.7 Å². The zero-order chi connectivity index (χ0) is 19.6. The lowest BCUT2D eigenvalue weighted by atomic mass is 9.97. The number of fused-ring (bicyclic) bond motifs is 1. The van der Waals surface area contributed by atoms with Crippen LogP contribution in [0.1, 0.15) is 37.3 Å². The van der Waals surface area contributed by atoms with E-state index in [1.165, 1.54) is 0 Å². The molecule has 148 valence electrons. The fraction of sp³-hybridized carbons (Fsp3) is 0.435. The number of carbonyl (C=O) groups is 1. The zero-order valence-electron chi connectivity index (χ0n) is 16.3. The Balaban J connectivity index is 1.63. The average Bonchev–Trinajstić information content (AvgIpc) is 3.19. The van der Waals surface area contributed by atoms with Gasteiger partial charge in [-0.05, 0) is 24.0 Å². The van der Waals surface area contributed by atoms with Gasteiger partial charge in [0.15, 0.2) is 0 Å². The second kappa shape index (κ2) is 8.18. The normalized spacial score (nSPS) is 26.7. The van der Waals surface area contributed by atoms with Gasteiger partial charge in [0.1, 0.15) is 4.93 Å². The Morgan fingerprint density at radius 3 is 2.14 bits per heavy atom. The number of benzene rings is 2. The van der Waals surface area contributed by atoms with E-state index in [-0.39, 0.29) is 18.1 Å². The summed E-state index contributed by atoms with van der Waals surface area (Å²) in [6.45, 7) is 3.28. The van der Waals surface area contributed by atoms with Crippen molar-refractivity contribution in [3.05, 3.63) is 71.8 Å². The lowest BCUT2D eigenvalue weighted by Crippen LogP contribution is -2.48. The SMILES string of the molecule is CCCCC1(O)SC[C@@H]2C1N(Cc1ccccc1)C(=O)N2Cc1ccccc1. The first-order valence-corrected chi connectivity index (χ1v) is 11.1. The highest BCUT2D eigenvalue weighted by molar-refractivity contribution is 8.00. The first-order valence-electron chi connectivity index (χ1n) is 10.1. The van der Waals surface area contributed by atoms with Gasteiger partial charge in [0.25, 0.3) is 0 Å². The van der Waals surface area contributed by atoms with E-state index in [0.717, 1.165) is 36.1 Å². The minimum Gasteiger partial charge on any atom is -0.377 e. The van der Waals surface area contributed by atoms with E-state index in [2.05, 4.69) is 31.2 Å². The van der Waals surface area contributed by atoms with Gasteiger partial charge in [0.05, 0.1) is 12.1 Å². The summed E-state index contributed by atoms with van der Waals surface area (Å²) in [6.07, 6.45) is 2.74. The lowest BCUT2D eigenvalue weighted by Gasteiger charge is -2.34. The van der Waals surface area contributed by atoms with Crippen LogP contribution in [-0.4, -0.2) is 43.7 Å². The summed E-state index contributed by atoms with van der Waals surface area (Å²) in [4.78, 5) is 16.4. The number of hydrogen-bond acceptors (Lipinski definition) is 3. The monoisotopic (exact) mass is 396 g/mol. The van der Waals surface area contributed by atoms with Crippen LogP contribution < -0.4 is 0 Å². The molecule has 2 aromatic carbocycles. The summed E-state index contributed by atoms with van der Waals surface area (Å²) in [5.74, 6) is 0.786. The van der Waals surface area contributed by atoms with Crippen LogP contribution in [0.25, 0.3) is 0 Å². The maximum atomic E-state index is 13.4. The van der Waals surface area contributed by atoms with Gasteiger partial charge in [-0.2, -0.15) is 0 Å². The predicted octanol–water partition coefficient (Wildman–Crippen LogP) is 4.49. The molecule has 0 aromatic heterocycles. The number of unbranched alkanes of at least 4 members (excludes halogenated alkanes) is 1. The molecule has 2 heterocycles. The van der Waals surface area contributed by atoms with Gasteiger partial charge >= 0.3 is 6.03 Å². The fourth-order valence-electron chi connectivity index (χ4n) is 4.41. The Hall–Kier alpha value is -1.98. The number of amides is 2. The molecule has 5 heteroatoms. The summed E-state index contributed by atoms with van der Waals surface area (Å²) in [5, 5.41) is 11.5. The molecule has 2 unspecified atom stereocenters. The second-order valence-electron chi connectivity index (χ2n) is 7.78. The maximum Gasteiger partial charge on any atom is 0.321 e. The standard InChI is InChI=1S/C23H28N2O2S/c1-2-3-14-23(27)21-20(17-28-23)24(15-18-10-6-4-7-11-18)22(26)25(21)16-19-12-8-5-9-13-19/h4-13,20-21,27H,2-3,14-17H2,1H3/t20-,21?,23?/m1/s1. The molecule has 0 radical (unpaired) electrons. The van der Waals surface area contributed by atoms with Crippen LogP contribution in [0, 0.1) is 0 Å². The van der Waals surface area contributed by atoms with E-state index in [4.69, 9.17) is 0 Å². The first-order chi connectivity index (χ1) is 13.6. The van der Waals surface area contributed by atoms with E-state index in [1.807, 2.05) is 46.2 Å². The molecule has 2 amide bonds. The molecule has 28 heavy (non-hydrogen) atoms. The van der Waals surface area contributed by atoms with Crippen LogP contribution >= 0.6 is 11.8 Å². The van der Waals surface area contributed by atoms with Crippen molar-refractivity contribution in [1.29, 1.82) is 0 Å². The second-order valence-corrected chi connectivity index (χ2v) is 9.11. The van der Waals surface area contributed by atoms with Crippen LogP contribution in [0.3, 0.4) is 0 Å². The lowest BCUT2D eigenvalue weighted by molar-refractivity contribution is 0.0428. The number of hydrogen-bond donors (Lipinski definition) is 1. The van der Waals surface area contributed by atoms with E-state index >= 15 is 0 Å². The molecule has 3 atom stereocenters. The molecular formula is C23H28N2O2S. The topological polar surface area (TPSA) is 43.8 Å². The van der Waals surface area contributed by atoms with Crippen molar-refractivity contribution in [2.45, 2.75) is 56.3 Å². The Morgan fingerprint density at radius 1 is 1.00 bits per heavy atom. The number of urea groups is 1. The summed E-state index contributed by atoms with van der Waals surface area (Å²) < 4.78 is 0. The molecule has 4 nitrogen and oxygen atoms in total. The van der Waals surface area contributed by atoms with Crippen molar-refractivity contribution in [3.8, 4) is 0 Å². The number of aliphatic hydroxyl groups is 1. The highest BCUT2D eigenvalue weighted by Gasteiger charge is 2.59. The molecule has 0 saturated carbocycles. The van der Waals surface area contributed by atoms with Gasteiger partial charge in [-0.25, -0.2) is 4.79 Å². The highest BCUT2D eigenvalue weighted by atomic mass is 32.2. The number of carbonyl (C=O) groups excluding carboxylic acids is 1. The molecule has 1 N–H and O–H groups in total.